The molecule has 0 radical (unpaired) electrons. The predicted octanol–water partition coefficient (Wildman–Crippen LogP) is 4.98. The molecule has 0 aliphatic heterocycles. The normalized spacial score (nSPS) is 25.1. The van der Waals surface area contributed by atoms with Crippen LogP contribution in [0, 0.1) is 5.92 Å². The zero-order chi connectivity index (χ0) is 13.3. The second-order valence-electron chi connectivity index (χ2n) is 6.98. The number of benzene rings is 1. The van der Waals surface area contributed by atoms with Crippen molar-refractivity contribution in [2.45, 2.75) is 64.7 Å². The zero-order valence-electron chi connectivity index (χ0n) is 12.2. The Morgan fingerprint density at radius 3 is 2.22 bits per heavy atom. The van der Waals surface area contributed by atoms with E-state index < -0.39 is 0 Å². The topological polar surface area (TPSA) is 20.2 Å². The van der Waals surface area contributed by atoms with Gasteiger partial charge in [-0.05, 0) is 47.3 Å². The van der Waals surface area contributed by atoms with Crippen LogP contribution in [0.3, 0.4) is 0 Å². The molecule has 1 aromatic carbocycles. The van der Waals surface area contributed by atoms with E-state index in [9.17, 15) is 5.11 Å². The molecule has 1 saturated carbocycles. The van der Waals surface area contributed by atoms with Crippen molar-refractivity contribution in [3.8, 4) is 5.75 Å². The number of rotatable bonds is 1. The largest absolute Gasteiger partial charge is 0.508 e. The van der Waals surface area contributed by atoms with Crippen LogP contribution in [0.1, 0.15) is 70.4 Å². The highest BCUT2D eigenvalue weighted by Crippen LogP contribution is 2.39. The van der Waals surface area contributed by atoms with Crippen molar-refractivity contribution >= 4 is 0 Å². The van der Waals surface area contributed by atoms with E-state index in [1.807, 2.05) is 6.07 Å². The third-order valence-electron chi connectivity index (χ3n) is 4.32. The van der Waals surface area contributed by atoms with E-state index in [4.69, 9.17) is 0 Å². The lowest BCUT2D eigenvalue weighted by atomic mass is 9.77. The third-order valence-corrected chi connectivity index (χ3v) is 4.32. The molecule has 0 aromatic heterocycles. The lowest BCUT2D eigenvalue weighted by molar-refractivity contribution is 0.347. The van der Waals surface area contributed by atoms with Crippen LogP contribution in [0.15, 0.2) is 18.2 Å². The summed E-state index contributed by atoms with van der Waals surface area (Å²) < 4.78 is 0. The quantitative estimate of drug-likeness (QED) is 0.740. The first-order valence-corrected chi connectivity index (χ1v) is 7.21. The Kier molecular flexibility index (Phi) is 3.70. The SMILES string of the molecule is CC1CCC(c2ccc(O)c(C(C)(C)C)c2)CC1. The van der Waals surface area contributed by atoms with Crippen LogP contribution in [0.25, 0.3) is 0 Å². The van der Waals surface area contributed by atoms with Gasteiger partial charge in [0.05, 0.1) is 0 Å². The first-order chi connectivity index (χ1) is 8.38. The van der Waals surface area contributed by atoms with Crippen LogP contribution in [-0.4, -0.2) is 5.11 Å². The van der Waals surface area contributed by atoms with E-state index in [2.05, 4.69) is 39.8 Å². The van der Waals surface area contributed by atoms with Crippen LogP contribution in [0.5, 0.6) is 5.75 Å². The van der Waals surface area contributed by atoms with Crippen LogP contribution in [-0.2, 0) is 5.41 Å². The summed E-state index contributed by atoms with van der Waals surface area (Å²) in [6.45, 7) is 8.84. The minimum absolute atomic E-state index is 0.0159. The predicted molar refractivity (Wildman–Crippen MR) is 77.2 cm³/mol. The van der Waals surface area contributed by atoms with E-state index >= 15 is 0 Å². The molecule has 1 aliphatic rings. The Balaban J connectivity index is 2.24. The first kappa shape index (κ1) is 13.5. The molecule has 1 N–H and O–H groups in total. The highest BCUT2D eigenvalue weighted by Gasteiger charge is 2.23. The maximum Gasteiger partial charge on any atom is 0.119 e. The third kappa shape index (κ3) is 2.88. The number of phenols is 1. The van der Waals surface area contributed by atoms with Gasteiger partial charge in [-0.1, -0.05) is 52.7 Å². The molecule has 2 rings (SSSR count). The summed E-state index contributed by atoms with van der Waals surface area (Å²) in [4.78, 5) is 0. The molecule has 1 fully saturated rings. The number of hydrogen-bond acceptors (Lipinski definition) is 1. The fourth-order valence-electron chi connectivity index (χ4n) is 3.00. The number of phenolic OH excluding ortho intramolecular Hbond substituents is 1. The Hall–Kier alpha value is -0.980. The number of hydrogen-bond donors (Lipinski definition) is 1. The average molecular weight is 246 g/mol. The van der Waals surface area contributed by atoms with Gasteiger partial charge in [0.25, 0.3) is 0 Å². The van der Waals surface area contributed by atoms with Crippen molar-refractivity contribution in [1.29, 1.82) is 0 Å². The summed E-state index contributed by atoms with van der Waals surface area (Å²) in [6, 6.07) is 6.23. The van der Waals surface area contributed by atoms with Crippen molar-refractivity contribution in [2.24, 2.45) is 5.92 Å². The molecule has 1 aromatic rings. The zero-order valence-corrected chi connectivity index (χ0v) is 12.2. The Bertz CT molecular complexity index is 406. The minimum atomic E-state index is 0.0159. The second-order valence-corrected chi connectivity index (χ2v) is 6.98. The monoisotopic (exact) mass is 246 g/mol. The minimum Gasteiger partial charge on any atom is -0.508 e. The van der Waals surface area contributed by atoms with E-state index in [1.54, 1.807) is 0 Å². The highest BCUT2D eigenvalue weighted by atomic mass is 16.3. The summed E-state index contributed by atoms with van der Waals surface area (Å²) in [6.07, 6.45) is 5.29. The van der Waals surface area contributed by atoms with Crippen LogP contribution < -0.4 is 0 Å². The van der Waals surface area contributed by atoms with Gasteiger partial charge in [-0.3, -0.25) is 0 Å². The standard InChI is InChI=1S/C17H26O/c1-12-5-7-13(8-6-12)14-9-10-16(18)15(11-14)17(2,3)4/h9-13,18H,5-8H2,1-4H3. The van der Waals surface area contributed by atoms with Gasteiger partial charge in [0, 0.05) is 0 Å². The molecule has 1 nitrogen and oxygen atoms in total. The van der Waals surface area contributed by atoms with E-state index in [-0.39, 0.29) is 5.41 Å². The molecule has 100 valence electrons. The van der Waals surface area contributed by atoms with Crippen molar-refractivity contribution in [3.05, 3.63) is 29.3 Å². The van der Waals surface area contributed by atoms with E-state index in [1.165, 1.54) is 31.2 Å². The molecular weight excluding hydrogens is 220 g/mol. The maximum atomic E-state index is 10.0. The van der Waals surface area contributed by atoms with Gasteiger partial charge >= 0.3 is 0 Å². The molecule has 1 aliphatic carbocycles. The van der Waals surface area contributed by atoms with Crippen LogP contribution >= 0.6 is 0 Å². The van der Waals surface area contributed by atoms with Crippen molar-refractivity contribution < 1.29 is 5.11 Å². The summed E-state index contributed by atoms with van der Waals surface area (Å²) in [5.41, 5.74) is 2.52. The van der Waals surface area contributed by atoms with Gasteiger partial charge in [0.1, 0.15) is 5.75 Å². The van der Waals surface area contributed by atoms with Crippen LogP contribution in [0.4, 0.5) is 0 Å². The van der Waals surface area contributed by atoms with Gasteiger partial charge in [-0.2, -0.15) is 0 Å². The second kappa shape index (κ2) is 4.95. The Morgan fingerprint density at radius 2 is 1.67 bits per heavy atom. The molecular formula is C17H26O. The molecule has 0 spiro atoms. The van der Waals surface area contributed by atoms with Gasteiger partial charge in [0.2, 0.25) is 0 Å². The summed E-state index contributed by atoms with van der Waals surface area (Å²) >= 11 is 0. The molecule has 0 unspecified atom stereocenters. The Morgan fingerprint density at radius 1 is 1.06 bits per heavy atom. The van der Waals surface area contributed by atoms with Gasteiger partial charge in [-0.15, -0.1) is 0 Å². The van der Waals surface area contributed by atoms with E-state index in [0.29, 0.717) is 11.7 Å². The first-order valence-electron chi connectivity index (χ1n) is 7.21. The average Bonchev–Trinajstić information content (AvgIpc) is 2.29. The van der Waals surface area contributed by atoms with Crippen LogP contribution in [0.2, 0.25) is 0 Å². The fraction of sp³-hybridized carbons (Fsp3) is 0.647. The molecule has 0 saturated heterocycles. The molecule has 0 heterocycles. The smallest absolute Gasteiger partial charge is 0.119 e. The highest BCUT2D eigenvalue weighted by molar-refractivity contribution is 5.41. The molecule has 0 atom stereocenters. The molecule has 18 heavy (non-hydrogen) atoms. The maximum absolute atomic E-state index is 10.0. The van der Waals surface area contributed by atoms with Crippen molar-refractivity contribution in [3.63, 3.8) is 0 Å². The summed E-state index contributed by atoms with van der Waals surface area (Å²) in [5.74, 6) is 2.03. The molecule has 0 bridgehead atoms. The Labute approximate surface area is 111 Å². The van der Waals surface area contributed by atoms with E-state index in [0.717, 1.165) is 11.5 Å². The lowest BCUT2D eigenvalue weighted by Crippen LogP contribution is -2.14. The van der Waals surface area contributed by atoms with Crippen molar-refractivity contribution in [1.82, 2.24) is 0 Å². The molecule has 0 amide bonds. The fourth-order valence-corrected chi connectivity index (χ4v) is 3.00. The summed E-state index contributed by atoms with van der Waals surface area (Å²) in [7, 11) is 0. The van der Waals surface area contributed by atoms with Gasteiger partial charge in [-0.25, -0.2) is 0 Å². The lowest BCUT2D eigenvalue weighted by Gasteiger charge is -2.28. The van der Waals surface area contributed by atoms with Gasteiger partial charge < -0.3 is 5.11 Å². The number of aromatic hydroxyl groups is 1. The summed E-state index contributed by atoms with van der Waals surface area (Å²) in [5, 5.41) is 10.0. The van der Waals surface area contributed by atoms with Crippen molar-refractivity contribution in [2.75, 3.05) is 0 Å². The molecule has 1 heteroatoms. The van der Waals surface area contributed by atoms with Gasteiger partial charge in [0.15, 0.2) is 0 Å².